The number of nitrogens with zero attached hydrogens (tertiary/aromatic N) is 2. The number of fused-ring (bicyclic) bond motifs is 1. The summed E-state index contributed by atoms with van der Waals surface area (Å²) in [4.78, 5) is 27.7. The third-order valence-corrected chi connectivity index (χ3v) is 5.51. The minimum Gasteiger partial charge on any atom is -0.486 e. The normalized spacial score (nSPS) is 12.5. The first-order valence-electron chi connectivity index (χ1n) is 10.9. The highest BCUT2D eigenvalue weighted by atomic mass is 19.1. The van der Waals surface area contributed by atoms with Crippen molar-refractivity contribution in [2.24, 2.45) is 0 Å². The van der Waals surface area contributed by atoms with Crippen LogP contribution in [0.1, 0.15) is 15.9 Å². The number of anilines is 2. The van der Waals surface area contributed by atoms with Crippen LogP contribution in [-0.2, 0) is 4.79 Å². The average Bonchev–Trinajstić information content (AvgIpc) is 2.84. The summed E-state index contributed by atoms with van der Waals surface area (Å²) in [5, 5.41) is 8.93. The zero-order valence-corrected chi connectivity index (χ0v) is 18.7. The van der Waals surface area contributed by atoms with E-state index in [0.717, 1.165) is 11.3 Å². The van der Waals surface area contributed by atoms with Gasteiger partial charge in [-0.1, -0.05) is 30.3 Å². The molecule has 0 unspecified atom stereocenters. The molecule has 1 aliphatic rings. The van der Waals surface area contributed by atoms with Gasteiger partial charge < -0.3 is 24.4 Å². The summed E-state index contributed by atoms with van der Waals surface area (Å²) in [6.07, 6.45) is 0. The number of para-hydroxylation sites is 1. The van der Waals surface area contributed by atoms with Crippen LogP contribution in [0.15, 0.2) is 66.7 Å². The molecule has 0 spiro atoms. The lowest BCUT2D eigenvalue weighted by atomic mass is 10.1. The van der Waals surface area contributed by atoms with Crippen LogP contribution in [0.5, 0.6) is 11.5 Å². The van der Waals surface area contributed by atoms with Gasteiger partial charge in [-0.2, -0.15) is 0 Å². The van der Waals surface area contributed by atoms with Crippen LogP contribution in [0.2, 0.25) is 0 Å². The first-order valence-corrected chi connectivity index (χ1v) is 10.9. The summed E-state index contributed by atoms with van der Waals surface area (Å²) in [5.41, 5.74) is 2.18. The number of amides is 1. The van der Waals surface area contributed by atoms with Gasteiger partial charge in [0.05, 0.1) is 17.9 Å². The number of halogens is 1. The van der Waals surface area contributed by atoms with Crippen LogP contribution in [0.4, 0.5) is 15.8 Å². The second kappa shape index (κ2) is 10.2. The van der Waals surface area contributed by atoms with E-state index in [9.17, 15) is 14.0 Å². The number of rotatable bonds is 8. The van der Waals surface area contributed by atoms with Gasteiger partial charge in [-0.3, -0.25) is 4.79 Å². The molecule has 0 fully saturated rings. The summed E-state index contributed by atoms with van der Waals surface area (Å²) in [7, 11) is 0. The maximum absolute atomic E-state index is 14.9. The summed E-state index contributed by atoms with van der Waals surface area (Å²) < 4.78 is 26.0. The number of carboxylic acids is 1. The van der Waals surface area contributed by atoms with Crippen molar-refractivity contribution >= 4 is 23.3 Å². The predicted octanol–water partition coefficient (Wildman–Crippen LogP) is 4.14. The van der Waals surface area contributed by atoms with E-state index in [1.165, 1.54) is 11.0 Å². The molecule has 3 aromatic rings. The topological polar surface area (TPSA) is 79.3 Å². The second-order valence-corrected chi connectivity index (χ2v) is 7.90. The Hall–Kier alpha value is -4.07. The minimum absolute atomic E-state index is 0.214. The fourth-order valence-electron chi connectivity index (χ4n) is 3.88. The monoisotopic (exact) mass is 464 g/mol. The number of aliphatic carboxylic acids is 1. The molecule has 8 heteroatoms. The highest BCUT2D eigenvalue weighted by Crippen LogP contribution is 2.40. The van der Waals surface area contributed by atoms with E-state index in [2.05, 4.69) is 0 Å². The molecule has 7 nitrogen and oxygen atoms in total. The smallest absolute Gasteiger partial charge is 0.341 e. The SMILES string of the molecule is Cc1ccc(N(CCN2CCOc3c(OCC(=O)O)cccc32)C(=O)c2ccccc2)c(F)c1. The molecule has 0 bridgehead atoms. The number of benzene rings is 3. The minimum atomic E-state index is -1.08. The van der Waals surface area contributed by atoms with E-state index in [0.29, 0.717) is 36.8 Å². The molecule has 34 heavy (non-hydrogen) atoms. The molecule has 176 valence electrons. The molecular weight excluding hydrogens is 439 g/mol. The van der Waals surface area contributed by atoms with Crippen LogP contribution in [0.25, 0.3) is 0 Å². The van der Waals surface area contributed by atoms with Gasteiger partial charge in [0.1, 0.15) is 12.4 Å². The molecule has 0 aromatic heterocycles. The van der Waals surface area contributed by atoms with Crippen LogP contribution in [-0.4, -0.2) is 49.8 Å². The van der Waals surface area contributed by atoms with Crippen molar-refractivity contribution < 1.29 is 28.6 Å². The molecule has 1 aliphatic heterocycles. The van der Waals surface area contributed by atoms with Crippen molar-refractivity contribution in [3.8, 4) is 11.5 Å². The van der Waals surface area contributed by atoms with E-state index in [1.54, 1.807) is 55.5 Å². The van der Waals surface area contributed by atoms with Gasteiger partial charge in [-0.15, -0.1) is 0 Å². The van der Waals surface area contributed by atoms with Gasteiger partial charge in [-0.25, -0.2) is 9.18 Å². The van der Waals surface area contributed by atoms with Gasteiger partial charge in [0.2, 0.25) is 0 Å². The Morgan fingerprint density at radius 1 is 1.12 bits per heavy atom. The van der Waals surface area contributed by atoms with Crippen LogP contribution in [0, 0.1) is 12.7 Å². The molecule has 0 saturated carbocycles. The Kier molecular flexibility index (Phi) is 6.96. The number of hydrogen-bond donors (Lipinski definition) is 1. The maximum Gasteiger partial charge on any atom is 0.341 e. The standard InChI is InChI=1S/C26H25FN2O5/c1-18-10-11-21(20(27)16-18)29(26(32)19-6-3-2-4-7-19)13-12-28-14-15-33-25-22(28)8-5-9-23(25)34-17-24(30)31/h2-11,16H,12-15,17H2,1H3,(H,30,31). The van der Waals surface area contributed by atoms with Crippen molar-refractivity contribution in [3.63, 3.8) is 0 Å². The largest absolute Gasteiger partial charge is 0.486 e. The van der Waals surface area contributed by atoms with E-state index in [-0.39, 0.29) is 18.1 Å². The first-order chi connectivity index (χ1) is 16.4. The molecule has 0 radical (unpaired) electrons. The summed E-state index contributed by atoms with van der Waals surface area (Å²) in [6, 6.07) is 18.8. The van der Waals surface area contributed by atoms with Crippen molar-refractivity contribution in [1.29, 1.82) is 0 Å². The van der Waals surface area contributed by atoms with Crippen LogP contribution in [0.3, 0.4) is 0 Å². The molecule has 0 aliphatic carbocycles. The number of ether oxygens (including phenoxy) is 2. The fraction of sp³-hybridized carbons (Fsp3) is 0.231. The highest BCUT2D eigenvalue weighted by Gasteiger charge is 2.25. The Bertz CT molecular complexity index is 1190. The lowest BCUT2D eigenvalue weighted by molar-refractivity contribution is -0.139. The lowest BCUT2D eigenvalue weighted by Gasteiger charge is -2.34. The summed E-state index contributed by atoms with van der Waals surface area (Å²) in [5.74, 6) is -1.05. The summed E-state index contributed by atoms with van der Waals surface area (Å²) in [6.45, 7) is 2.87. The van der Waals surface area contributed by atoms with E-state index in [4.69, 9.17) is 14.6 Å². The van der Waals surface area contributed by atoms with Gasteiger partial charge in [0.15, 0.2) is 18.1 Å². The quantitative estimate of drug-likeness (QED) is 0.540. The fourth-order valence-corrected chi connectivity index (χ4v) is 3.88. The van der Waals surface area contributed by atoms with Gasteiger partial charge in [-0.05, 0) is 48.9 Å². The Morgan fingerprint density at radius 2 is 1.91 bits per heavy atom. The highest BCUT2D eigenvalue weighted by molar-refractivity contribution is 6.06. The van der Waals surface area contributed by atoms with E-state index < -0.39 is 18.4 Å². The predicted molar refractivity (Wildman–Crippen MR) is 127 cm³/mol. The van der Waals surface area contributed by atoms with Crippen molar-refractivity contribution in [2.75, 3.05) is 42.6 Å². The molecular formula is C26H25FN2O5. The zero-order valence-electron chi connectivity index (χ0n) is 18.7. The van der Waals surface area contributed by atoms with Crippen molar-refractivity contribution in [2.45, 2.75) is 6.92 Å². The lowest BCUT2D eigenvalue weighted by Crippen LogP contribution is -2.42. The molecule has 4 rings (SSSR count). The Morgan fingerprint density at radius 3 is 2.65 bits per heavy atom. The van der Waals surface area contributed by atoms with Crippen LogP contribution >= 0.6 is 0 Å². The van der Waals surface area contributed by atoms with Crippen molar-refractivity contribution in [3.05, 3.63) is 83.7 Å². The Balaban J connectivity index is 1.60. The van der Waals surface area contributed by atoms with Gasteiger partial charge in [0.25, 0.3) is 5.91 Å². The molecule has 1 N–H and O–H groups in total. The third kappa shape index (κ3) is 5.11. The van der Waals surface area contributed by atoms with Gasteiger partial charge >= 0.3 is 5.97 Å². The van der Waals surface area contributed by atoms with Crippen molar-refractivity contribution in [1.82, 2.24) is 0 Å². The molecule has 1 heterocycles. The van der Waals surface area contributed by atoms with Gasteiger partial charge in [0, 0.05) is 18.7 Å². The zero-order chi connectivity index (χ0) is 24.1. The van der Waals surface area contributed by atoms with Crippen LogP contribution < -0.4 is 19.3 Å². The molecule has 1 amide bonds. The Labute approximate surface area is 196 Å². The molecule has 3 aromatic carbocycles. The number of carboxylic acid groups (broad SMARTS) is 1. The van der Waals surface area contributed by atoms with E-state index >= 15 is 0 Å². The number of carbonyl (C=O) groups excluding carboxylic acids is 1. The second-order valence-electron chi connectivity index (χ2n) is 7.90. The maximum atomic E-state index is 14.9. The third-order valence-electron chi connectivity index (χ3n) is 5.51. The molecule has 0 saturated heterocycles. The summed E-state index contributed by atoms with van der Waals surface area (Å²) >= 11 is 0. The number of carbonyl (C=O) groups is 2. The number of aryl methyl sites for hydroxylation is 1. The first kappa shape index (κ1) is 23.1. The molecule has 0 atom stereocenters. The van der Waals surface area contributed by atoms with E-state index in [1.807, 2.05) is 17.0 Å². The average molecular weight is 464 g/mol. The number of hydrogen-bond acceptors (Lipinski definition) is 5.